The molecule has 0 unspecified atom stereocenters. The molecule has 0 saturated heterocycles. The van der Waals surface area contributed by atoms with E-state index in [1.807, 2.05) is 20.8 Å². The molecule has 0 spiro atoms. The van der Waals surface area contributed by atoms with Crippen molar-refractivity contribution in [2.45, 2.75) is 32.9 Å². The predicted molar refractivity (Wildman–Crippen MR) is 63.9 cm³/mol. The molecule has 1 rings (SSSR count). The molecule has 0 fully saturated rings. The average Bonchev–Trinajstić information content (AvgIpc) is 2.15. The molecular formula is C12H18N3O2+. The second kappa shape index (κ2) is 5.43. The van der Waals surface area contributed by atoms with Crippen LogP contribution in [0.3, 0.4) is 0 Å². The molecular weight excluding hydrogens is 218 g/mol. The summed E-state index contributed by atoms with van der Waals surface area (Å²) >= 11 is 0. The minimum absolute atomic E-state index is 0.0550. The lowest BCUT2D eigenvalue weighted by atomic mass is 10.1. The first kappa shape index (κ1) is 13.2. The Hall–Kier alpha value is -1.91. The van der Waals surface area contributed by atoms with Crippen LogP contribution in [-0.2, 0) is 11.3 Å². The van der Waals surface area contributed by atoms with Gasteiger partial charge in [-0.15, -0.1) is 0 Å². The highest BCUT2D eigenvalue weighted by Crippen LogP contribution is 1.97. The van der Waals surface area contributed by atoms with E-state index in [2.05, 4.69) is 10.5 Å². The number of aromatic nitrogens is 1. The maximum absolute atomic E-state index is 11.7. The van der Waals surface area contributed by atoms with E-state index >= 15 is 0 Å². The molecule has 5 nitrogen and oxygen atoms in total. The van der Waals surface area contributed by atoms with Crippen LogP contribution in [0.1, 0.15) is 26.3 Å². The first-order chi connectivity index (χ1) is 7.90. The number of amides is 1. The Morgan fingerprint density at radius 2 is 2.29 bits per heavy atom. The molecule has 2 N–H and O–H groups in total. The van der Waals surface area contributed by atoms with Crippen molar-refractivity contribution in [1.82, 2.24) is 5.32 Å². The summed E-state index contributed by atoms with van der Waals surface area (Å²) in [6.07, 6.45) is 4.84. The Bertz CT molecular complexity index is 422. The van der Waals surface area contributed by atoms with Crippen LogP contribution in [-0.4, -0.2) is 22.9 Å². The largest absolute Gasteiger partial charge is 0.411 e. The van der Waals surface area contributed by atoms with Crippen LogP contribution in [0.25, 0.3) is 0 Å². The van der Waals surface area contributed by atoms with Gasteiger partial charge < -0.3 is 10.5 Å². The van der Waals surface area contributed by atoms with Crippen LogP contribution in [0.15, 0.2) is 29.7 Å². The number of rotatable bonds is 3. The van der Waals surface area contributed by atoms with Gasteiger partial charge in [-0.1, -0.05) is 5.16 Å². The van der Waals surface area contributed by atoms with Crippen molar-refractivity contribution >= 4 is 12.1 Å². The van der Waals surface area contributed by atoms with Gasteiger partial charge in [0.05, 0.1) is 11.8 Å². The normalized spacial score (nSPS) is 11.7. The zero-order chi connectivity index (χ0) is 12.9. The van der Waals surface area contributed by atoms with Crippen molar-refractivity contribution < 1.29 is 14.6 Å². The monoisotopic (exact) mass is 236 g/mol. The maximum atomic E-state index is 11.7. The highest BCUT2D eigenvalue weighted by Gasteiger charge is 2.16. The maximum Gasteiger partial charge on any atom is 0.286 e. The molecule has 0 aliphatic carbocycles. The number of hydrogen-bond donors (Lipinski definition) is 2. The summed E-state index contributed by atoms with van der Waals surface area (Å²) in [7, 11) is 0. The molecule has 0 atom stereocenters. The Labute approximate surface area is 101 Å². The standard InChI is InChI=1S/C12H17N3O2/c1-12(2,3)14-11(16)9-15-6-4-5-10(8-15)7-13-17/h4-8H,9H2,1-3H3,(H-,14,16,17)/p+1/b13-7-. The van der Waals surface area contributed by atoms with Crippen LogP contribution in [0.2, 0.25) is 0 Å². The fraction of sp³-hybridized carbons (Fsp3) is 0.417. The lowest BCUT2D eigenvalue weighted by Gasteiger charge is -2.19. The molecule has 1 aromatic rings. The fourth-order valence-corrected chi connectivity index (χ4v) is 1.41. The third-order valence-electron chi connectivity index (χ3n) is 1.93. The summed E-state index contributed by atoms with van der Waals surface area (Å²) in [5, 5.41) is 14.2. The van der Waals surface area contributed by atoms with Crippen molar-refractivity contribution in [3.8, 4) is 0 Å². The SMILES string of the molecule is CC(C)(C)NC(=O)C[n+]1cccc(/C=N\O)c1. The van der Waals surface area contributed by atoms with Gasteiger partial charge in [-0.05, 0) is 26.8 Å². The summed E-state index contributed by atoms with van der Waals surface area (Å²) < 4.78 is 1.73. The van der Waals surface area contributed by atoms with Gasteiger partial charge in [0.2, 0.25) is 6.54 Å². The van der Waals surface area contributed by atoms with Crippen molar-refractivity contribution in [2.24, 2.45) is 5.16 Å². The van der Waals surface area contributed by atoms with Gasteiger partial charge in [-0.3, -0.25) is 4.79 Å². The molecule has 17 heavy (non-hydrogen) atoms. The molecule has 0 aromatic carbocycles. The molecule has 0 radical (unpaired) electrons. The molecule has 1 aromatic heterocycles. The van der Waals surface area contributed by atoms with E-state index in [1.165, 1.54) is 6.21 Å². The van der Waals surface area contributed by atoms with Gasteiger partial charge in [0.15, 0.2) is 12.4 Å². The third-order valence-corrected chi connectivity index (χ3v) is 1.93. The molecule has 5 heteroatoms. The van der Waals surface area contributed by atoms with Crippen LogP contribution >= 0.6 is 0 Å². The quantitative estimate of drug-likeness (QED) is 0.351. The van der Waals surface area contributed by atoms with Gasteiger partial charge in [0.1, 0.15) is 0 Å². The number of nitrogens with zero attached hydrogens (tertiary/aromatic N) is 2. The van der Waals surface area contributed by atoms with E-state index < -0.39 is 0 Å². The summed E-state index contributed by atoms with van der Waals surface area (Å²) in [4.78, 5) is 11.7. The zero-order valence-corrected chi connectivity index (χ0v) is 10.3. The van der Waals surface area contributed by atoms with Crippen molar-refractivity contribution in [1.29, 1.82) is 0 Å². The van der Waals surface area contributed by atoms with E-state index in [1.54, 1.807) is 29.1 Å². The predicted octanol–water partition coefficient (Wildman–Crippen LogP) is 0.697. The molecule has 0 saturated carbocycles. The molecule has 0 aliphatic heterocycles. The summed E-state index contributed by atoms with van der Waals surface area (Å²) in [5.74, 6) is -0.0550. The van der Waals surface area contributed by atoms with Crippen LogP contribution in [0.5, 0.6) is 0 Å². The Kier molecular flexibility index (Phi) is 4.20. The fourth-order valence-electron chi connectivity index (χ4n) is 1.41. The lowest BCUT2D eigenvalue weighted by Crippen LogP contribution is -2.48. The van der Waals surface area contributed by atoms with Crippen molar-refractivity contribution in [3.05, 3.63) is 30.1 Å². The highest BCUT2D eigenvalue weighted by atomic mass is 16.4. The van der Waals surface area contributed by atoms with Crippen LogP contribution in [0.4, 0.5) is 0 Å². The van der Waals surface area contributed by atoms with Gasteiger partial charge in [0, 0.05) is 11.6 Å². The van der Waals surface area contributed by atoms with Gasteiger partial charge in [-0.25, -0.2) is 0 Å². The van der Waals surface area contributed by atoms with Crippen molar-refractivity contribution in [2.75, 3.05) is 0 Å². The third kappa shape index (κ3) is 5.10. The Balaban J connectivity index is 2.68. The van der Waals surface area contributed by atoms with Gasteiger partial charge >= 0.3 is 0 Å². The first-order valence-electron chi connectivity index (χ1n) is 5.38. The Morgan fingerprint density at radius 1 is 1.59 bits per heavy atom. The molecule has 92 valence electrons. The minimum Gasteiger partial charge on any atom is -0.411 e. The molecule has 1 amide bonds. The summed E-state index contributed by atoms with van der Waals surface area (Å²) in [6, 6.07) is 3.58. The van der Waals surface area contributed by atoms with Crippen LogP contribution in [0, 0.1) is 0 Å². The van der Waals surface area contributed by atoms with Crippen LogP contribution < -0.4 is 9.88 Å². The average molecular weight is 236 g/mol. The smallest absolute Gasteiger partial charge is 0.286 e. The minimum atomic E-state index is -0.234. The molecule has 1 heterocycles. The zero-order valence-electron chi connectivity index (χ0n) is 10.3. The first-order valence-corrected chi connectivity index (χ1v) is 5.38. The highest BCUT2D eigenvalue weighted by molar-refractivity contribution is 5.78. The van der Waals surface area contributed by atoms with Gasteiger partial charge in [0.25, 0.3) is 5.91 Å². The number of oxime groups is 1. The van der Waals surface area contributed by atoms with E-state index in [4.69, 9.17) is 5.21 Å². The number of nitrogens with one attached hydrogen (secondary N) is 1. The molecule has 0 bridgehead atoms. The van der Waals surface area contributed by atoms with Crippen molar-refractivity contribution in [3.63, 3.8) is 0 Å². The second-order valence-corrected chi connectivity index (χ2v) is 4.85. The van der Waals surface area contributed by atoms with E-state index in [9.17, 15) is 4.79 Å². The number of carbonyl (C=O) groups is 1. The van der Waals surface area contributed by atoms with E-state index in [0.717, 1.165) is 5.56 Å². The molecule has 0 aliphatic rings. The summed E-state index contributed by atoms with van der Waals surface area (Å²) in [5.41, 5.74) is 0.500. The second-order valence-electron chi connectivity index (χ2n) is 4.85. The lowest BCUT2D eigenvalue weighted by molar-refractivity contribution is -0.684. The van der Waals surface area contributed by atoms with E-state index in [-0.39, 0.29) is 18.0 Å². The van der Waals surface area contributed by atoms with E-state index in [0.29, 0.717) is 0 Å². The number of carbonyl (C=O) groups excluding carboxylic acids is 1. The number of hydrogen-bond acceptors (Lipinski definition) is 3. The Morgan fingerprint density at radius 3 is 2.88 bits per heavy atom. The summed E-state index contributed by atoms with van der Waals surface area (Å²) in [6.45, 7) is 6.05. The van der Waals surface area contributed by atoms with Gasteiger partial charge in [-0.2, -0.15) is 4.57 Å². The topological polar surface area (TPSA) is 65.6 Å². The number of pyridine rings is 1.